The van der Waals surface area contributed by atoms with E-state index >= 15 is 0 Å². The van der Waals surface area contributed by atoms with Crippen LogP contribution >= 0.6 is 0 Å². The molecule has 3 aromatic heterocycles. The van der Waals surface area contributed by atoms with E-state index in [0.717, 1.165) is 12.1 Å². The fourth-order valence-corrected chi connectivity index (χ4v) is 3.66. The van der Waals surface area contributed by atoms with Gasteiger partial charge in [0.15, 0.2) is 5.76 Å². The second kappa shape index (κ2) is 10.7. The maximum atomic E-state index is 13.3. The minimum Gasteiger partial charge on any atom is -0.467 e. The van der Waals surface area contributed by atoms with Crippen LogP contribution < -0.4 is 5.32 Å². The Labute approximate surface area is 196 Å². The van der Waals surface area contributed by atoms with Gasteiger partial charge in [-0.1, -0.05) is 6.92 Å². The Balaban J connectivity index is 1.41. The average Bonchev–Trinajstić information content (AvgIpc) is 3.61. The smallest absolute Gasteiger partial charge is 0.287 e. The number of carbonyl (C=O) groups is 2. The molecule has 0 spiro atoms. The second-order valence-corrected chi connectivity index (χ2v) is 7.89. The van der Waals surface area contributed by atoms with Gasteiger partial charge in [-0.15, -0.1) is 0 Å². The lowest BCUT2D eigenvalue weighted by atomic mass is 10.2. The molecule has 0 saturated carbocycles. The van der Waals surface area contributed by atoms with Crippen molar-refractivity contribution in [1.82, 2.24) is 14.8 Å². The molecule has 0 saturated heterocycles. The topological polar surface area (TPSA) is 80.6 Å². The number of amides is 2. The fraction of sp³-hybridized carbons (Fsp3) is 0.231. The summed E-state index contributed by atoms with van der Waals surface area (Å²) in [4.78, 5) is 27.1. The molecule has 176 valence electrons. The summed E-state index contributed by atoms with van der Waals surface area (Å²) in [5, 5.41) is 2.76. The van der Waals surface area contributed by atoms with Gasteiger partial charge in [0.1, 0.15) is 17.3 Å². The van der Waals surface area contributed by atoms with Crippen molar-refractivity contribution in [3.63, 3.8) is 0 Å². The molecular formula is C26H26FN3O4. The molecule has 1 aromatic carbocycles. The number of benzene rings is 1. The van der Waals surface area contributed by atoms with Gasteiger partial charge < -0.3 is 23.6 Å². The van der Waals surface area contributed by atoms with Crippen LogP contribution in [0.5, 0.6) is 0 Å². The van der Waals surface area contributed by atoms with Gasteiger partial charge in [0.25, 0.3) is 11.8 Å². The van der Waals surface area contributed by atoms with E-state index in [2.05, 4.69) is 5.32 Å². The number of hydrogen-bond acceptors (Lipinski definition) is 4. The summed E-state index contributed by atoms with van der Waals surface area (Å²) in [6.45, 7) is 3.67. The van der Waals surface area contributed by atoms with E-state index in [1.54, 1.807) is 35.4 Å². The Morgan fingerprint density at radius 2 is 1.85 bits per heavy atom. The first-order valence-electron chi connectivity index (χ1n) is 11.1. The molecule has 0 aliphatic heterocycles. The second-order valence-electron chi connectivity index (χ2n) is 7.89. The highest BCUT2D eigenvalue weighted by molar-refractivity contribution is 5.94. The number of nitrogens with zero attached hydrogens (tertiary/aromatic N) is 2. The van der Waals surface area contributed by atoms with Gasteiger partial charge in [-0.2, -0.15) is 0 Å². The van der Waals surface area contributed by atoms with Crippen LogP contribution in [0.2, 0.25) is 0 Å². The molecule has 34 heavy (non-hydrogen) atoms. The third kappa shape index (κ3) is 5.64. The average molecular weight is 464 g/mol. The van der Waals surface area contributed by atoms with Gasteiger partial charge in [-0.3, -0.25) is 9.59 Å². The molecule has 4 rings (SSSR count). The van der Waals surface area contributed by atoms with Crippen LogP contribution in [-0.4, -0.2) is 27.8 Å². The molecule has 2 amide bonds. The van der Waals surface area contributed by atoms with Crippen molar-refractivity contribution in [2.24, 2.45) is 0 Å². The van der Waals surface area contributed by atoms with Gasteiger partial charge >= 0.3 is 0 Å². The zero-order chi connectivity index (χ0) is 23.9. The van der Waals surface area contributed by atoms with E-state index < -0.39 is 0 Å². The van der Waals surface area contributed by atoms with E-state index in [9.17, 15) is 14.0 Å². The standard InChI is InChI=1S/C26H26FN3O4/c1-2-13-30(26(32)19-7-9-20(27)10-8-19)17-21-5-3-14-29(21)18-23-11-12-24(34-23)25(31)28-16-22-6-4-15-33-22/h3-12,14-15H,2,13,16-18H2,1H3,(H,28,31). The van der Waals surface area contributed by atoms with Crippen molar-refractivity contribution < 1.29 is 22.8 Å². The number of aromatic nitrogens is 1. The number of rotatable bonds is 10. The first kappa shape index (κ1) is 23.1. The van der Waals surface area contributed by atoms with Gasteiger partial charge in [-0.25, -0.2) is 4.39 Å². The zero-order valence-corrected chi connectivity index (χ0v) is 18.9. The van der Waals surface area contributed by atoms with Crippen molar-refractivity contribution in [2.75, 3.05) is 6.54 Å². The van der Waals surface area contributed by atoms with Gasteiger partial charge in [0, 0.05) is 24.0 Å². The molecule has 8 heteroatoms. The van der Waals surface area contributed by atoms with Crippen LogP contribution in [0.1, 0.15) is 51.5 Å². The monoisotopic (exact) mass is 463 g/mol. The summed E-state index contributed by atoms with van der Waals surface area (Å²) in [6.07, 6.45) is 4.25. The Bertz CT molecular complexity index is 1230. The highest BCUT2D eigenvalue weighted by Crippen LogP contribution is 2.16. The summed E-state index contributed by atoms with van der Waals surface area (Å²) in [5.74, 6) is 0.642. The largest absolute Gasteiger partial charge is 0.467 e. The highest BCUT2D eigenvalue weighted by Gasteiger charge is 2.18. The predicted molar refractivity (Wildman–Crippen MR) is 124 cm³/mol. The lowest BCUT2D eigenvalue weighted by Crippen LogP contribution is -2.32. The Hall–Kier alpha value is -4.07. The van der Waals surface area contributed by atoms with E-state index in [4.69, 9.17) is 8.83 Å². The Kier molecular flexibility index (Phi) is 7.27. The summed E-state index contributed by atoms with van der Waals surface area (Å²) in [6, 6.07) is 16.4. The maximum absolute atomic E-state index is 13.3. The zero-order valence-electron chi connectivity index (χ0n) is 18.9. The fourth-order valence-electron chi connectivity index (χ4n) is 3.66. The minimum absolute atomic E-state index is 0.150. The van der Waals surface area contributed by atoms with Crippen LogP contribution in [0.3, 0.4) is 0 Å². The number of halogens is 1. The van der Waals surface area contributed by atoms with Crippen molar-refractivity contribution in [3.05, 3.63) is 107 Å². The van der Waals surface area contributed by atoms with E-state index in [1.807, 2.05) is 29.8 Å². The number of hydrogen-bond donors (Lipinski definition) is 1. The molecule has 1 N–H and O–H groups in total. The quantitative estimate of drug-likeness (QED) is 0.365. The van der Waals surface area contributed by atoms with Gasteiger partial charge in [0.05, 0.1) is 25.9 Å². The summed E-state index contributed by atoms with van der Waals surface area (Å²) < 4.78 is 26.2. The molecule has 0 fully saturated rings. The normalized spacial score (nSPS) is 10.9. The third-order valence-corrected chi connectivity index (χ3v) is 5.36. The molecular weight excluding hydrogens is 437 g/mol. The number of nitrogens with one attached hydrogen (secondary N) is 1. The van der Waals surface area contributed by atoms with Crippen molar-refractivity contribution >= 4 is 11.8 Å². The first-order valence-corrected chi connectivity index (χ1v) is 11.1. The van der Waals surface area contributed by atoms with Crippen LogP contribution in [0.25, 0.3) is 0 Å². The molecule has 3 heterocycles. The van der Waals surface area contributed by atoms with E-state index in [1.165, 1.54) is 24.3 Å². The lowest BCUT2D eigenvalue weighted by Gasteiger charge is -2.23. The molecule has 0 unspecified atom stereocenters. The first-order chi connectivity index (χ1) is 16.5. The van der Waals surface area contributed by atoms with E-state index in [-0.39, 0.29) is 29.9 Å². The summed E-state index contributed by atoms with van der Waals surface area (Å²) in [7, 11) is 0. The number of furan rings is 2. The minimum atomic E-state index is -0.375. The Morgan fingerprint density at radius 1 is 1.03 bits per heavy atom. The molecule has 0 aliphatic carbocycles. The molecule has 0 bridgehead atoms. The molecule has 0 aliphatic rings. The van der Waals surface area contributed by atoms with Crippen molar-refractivity contribution in [3.8, 4) is 0 Å². The predicted octanol–water partition coefficient (Wildman–Crippen LogP) is 4.84. The third-order valence-electron chi connectivity index (χ3n) is 5.36. The van der Waals surface area contributed by atoms with Crippen LogP contribution in [0, 0.1) is 5.82 Å². The van der Waals surface area contributed by atoms with Crippen molar-refractivity contribution in [2.45, 2.75) is 33.0 Å². The molecule has 0 radical (unpaired) electrons. The van der Waals surface area contributed by atoms with Gasteiger partial charge in [0.2, 0.25) is 0 Å². The summed E-state index contributed by atoms with van der Waals surface area (Å²) in [5.41, 5.74) is 1.37. The number of carbonyl (C=O) groups excluding carboxylic acids is 2. The maximum Gasteiger partial charge on any atom is 0.287 e. The molecule has 4 aromatic rings. The highest BCUT2D eigenvalue weighted by atomic mass is 19.1. The van der Waals surface area contributed by atoms with Crippen LogP contribution in [-0.2, 0) is 19.6 Å². The Morgan fingerprint density at radius 3 is 2.59 bits per heavy atom. The molecule has 7 nitrogen and oxygen atoms in total. The van der Waals surface area contributed by atoms with Crippen LogP contribution in [0.15, 0.2) is 82.0 Å². The van der Waals surface area contributed by atoms with Crippen LogP contribution in [0.4, 0.5) is 4.39 Å². The summed E-state index contributed by atoms with van der Waals surface area (Å²) >= 11 is 0. The molecule has 0 atom stereocenters. The van der Waals surface area contributed by atoms with Gasteiger partial charge in [-0.05, 0) is 67.1 Å². The van der Waals surface area contributed by atoms with Crippen molar-refractivity contribution in [1.29, 1.82) is 0 Å². The lowest BCUT2D eigenvalue weighted by molar-refractivity contribution is 0.0739. The van der Waals surface area contributed by atoms with E-state index in [0.29, 0.717) is 36.7 Å². The SMILES string of the molecule is CCCN(Cc1cccn1Cc1ccc(C(=O)NCc2ccco2)o1)C(=O)c1ccc(F)cc1.